The van der Waals surface area contributed by atoms with E-state index in [0.717, 1.165) is 63.7 Å². The van der Waals surface area contributed by atoms with E-state index in [2.05, 4.69) is 151 Å². The first-order valence-corrected chi connectivity index (χ1v) is 20.5. The average Bonchev–Trinajstić information content (AvgIpc) is 3.20. The van der Waals surface area contributed by atoms with E-state index < -0.39 is 0 Å². The van der Waals surface area contributed by atoms with Crippen molar-refractivity contribution in [3.05, 3.63) is 197 Å². The zero-order chi connectivity index (χ0) is 39.9. The Bertz CT molecular complexity index is 2090. The molecule has 0 saturated carbocycles. The summed E-state index contributed by atoms with van der Waals surface area (Å²) in [5.41, 5.74) is 14.7. The minimum absolute atomic E-state index is 0.743. The van der Waals surface area contributed by atoms with Crippen molar-refractivity contribution in [2.75, 3.05) is 6.61 Å². The van der Waals surface area contributed by atoms with Crippen molar-refractivity contribution < 1.29 is 4.74 Å². The van der Waals surface area contributed by atoms with Crippen molar-refractivity contribution in [3.8, 4) is 5.75 Å². The molecule has 288 valence electrons. The Morgan fingerprint density at radius 3 is 1.30 bits per heavy atom. The zero-order valence-corrected chi connectivity index (χ0v) is 34.6. The second-order valence-electron chi connectivity index (χ2n) is 15.4. The summed E-state index contributed by atoms with van der Waals surface area (Å²) >= 11 is 0. The summed E-state index contributed by atoms with van der Waals surface area (Å²) in [6.45, 7) is 24.8. The molecule has 6 rings (SSSR count). The third-order valence-corrected chi connectivity index (χ3v) is 10.6. The van der Waals surface area contributed by atoms with Crippen LogP contribution in [0.3, 0.4) is 0 Å². The molecule has 0 spiro atoms. The molecule has 0 aliphatic rings. The Morgan fingerprint density at radius 2 is 0.839 bits per heavy atom. The normalized spacial score (nSPS) is 10.9. The van der Waals surface area contributed by atoms with E-state index in [-0.39, 0.29) is 0 Å². The molecule has 0 atom stereocenters. The number of unbranched alkanes of at least 4 members (excludes halogenated alkanes) is 3. The molecule has 0 bridgehead atoms. The van der Waals surface area contributed by atoms with E-state index in [1.54, 1.807) is 0 Å². The maximum atomic E-state index is 6.09. The lowest BCUT2D eigenvalue weighted by molar-refractivity contribution is 0.315. The first-order valence-electron chi connectivity index (χ1n) is 20.5. The monoisotopic (exact) mass is 738 g/mol. The van der Waals surface area contributed by atoms with Crippen LogP contribution >= 0.6 is 0 Å². The van der Waals surface area contributed by atoms with Crippen LogP contribution in [-0.4, -0.2) is 6.61 Å². The number of allylic oxidation sites excluding steroid dienone is 2. The van der Waals surface area contributed by atoms with Crippen LogP contribution in [-0.2, 0) is 32.1 Å². The first kappa shape index (κ1) is 41.8. The van der Waals surface area contributed by atoms with E-state index in [1.165, 1.54) is 95.6 Å². The van der Waals surface area contributed by atoms with E-state index in [4.69, 9.17) is 4.74 Å². The lowest BCUT2D eigenvalue weighted by atomic mass is 9.90. The summed E-state index contributed by atoms with van der Waals surface area (Å²) in [6.07, 6.45) is 18.6. The summed E-state index contributed by atoms with van der Waals surface area (Å²) in [7, 11) is 0. The standard InChI is InChI=1S/C32H32.C23H30O/c1-5-25-7-11-27(12-8-25)15-17-29-19-23(3)22-32-30(20-24(4)21-31(29)32)18-16-28-13-9-26(6-2)10-14-28;1-5-7-9-10-12-20-14-18(3)16-22-21(20)15-19(4)17-23(22)24-13-11-8-6-2/h5-14,19-22H,1-2,15-18H2,3-4H3;5-6,14-17H,1-2,7-13H2,3-4H3. The van der Waals surface area contributed by atoms with Gasteiger partial charge in [-0.15, -0.1) is 13.2 Å². The lowest BCUT2D eigenvalue weighted by Gasteiger charge is -2.14. The Labute approximate surface area is 338 Å². The molecule has 0 heterocycles. The molecule has 6 aromatic rings. The molecular weight excluding hydrogens is 677 g/mol. The topological polar surface area (TPSA) is 9.23 Å². The SMILES string of the molecule is C=CCCCCc1cc(C)cc2c(OCCCC=C)cc(C)cc12.C=Cc1ccc(CCc2cc(C)cc3c(CCc4ccc(C=C)cc4)cc(C)cc23)cc1. The van der Waals surface area contributed by atoms with Gasteiger partial charge in [-0.05, 0) is 165 Å². The third kappa shape index (κ3) is 11.8. The predicted octanol–water partition coefficient (Wildman–Crippen LogP) is 15.0. The molecule has 0 N–H and O–H groups in total. The van der Waals surface area contributed by atoms with Gasteiger partial charge in [0.1, 0.15) is 5.75 Å². The van der Waals surface area contributed by atoms with Gasteiger partial charge in [-0.25, -0.2) is 0 Å². The van der Waals surface area contributed by atoms with Crippen molar-refractivity contribution in [3.63, 3.8) is 0 Å². The fraction of sp³-hybridized carbons (Fsp3) is 0.273. The van der Waals surface area contributed by atoms with Crippen molar-refractivity contribution in [1.29, 1.82) is 0 Å². The third-order valence-electron chi connectivity index (χ3n) is 10.6. The van der Waals surface area contributed by atoms with Gasteiger partial charge in [0.25, 0.3) is 0 Å². The van der Waals surface area contributed by atoms with Gasteiger partial charge in [0.05, 0.1) is 6.61 Å². The van der Waals surface area contributed by atoms with Gasteiger partial charge in [-0.3, -0.25) is 0 Å². The smallest absolute Gasteiger partial charge is 0.127 e. The number of benzene rings is 6. The number of hydrogen-bond donors (Lipinski definition) is 0. The maximum Gasteiger partial charge on any atom is 0.127 e. The van der Waals surface area contributed by atoms with Gasteiger partial charge in [-0.1, -0.05) is 139 Å². The minimum Gasteiger partial charge on any atom is -0.493 e. The fourth-order valence-electron chi connectivity index (χ4n) is 7.68. The minimum atomic E-state index is 0.743. The molecule has 0 fully saturated rings. The van der Waals surface area contributed by atoms with Crippen LogP contribution in [0.4, 0.5) is 0 Å². The van der Waals surface area contributed by atoms with Crippen LogP contribution in [0.1, 0.15) is 93.3 Å². The summed E-state index contributed by atoms with van der Waals surface area (Å²) in [6, 6.07) is 36.0. The number of aryl methyl sites for hydroxylation is 9. The maximum absolute atomic E-state index is 6.09. The predicted molar refractivity (Wildman–Crippen MR) is 247 cm³/mol. The van der Waals surface area contributed by atoms with Gasteiger partial charge >= 0.3 is 0 Å². The molecule has 0 radical (unpaired) electrons. The number of hydrogen-bond acceptors (Lipinski definition) is 1. The summed E-state index contributed by atoms with van der Waals surface area (Å²) in [4.78, 5) is 0. The highest BCUT2D eigenvalue weighted by Gasteiger charge is 2.11. The van der Waals surface area contributed by atoms with Crippen molar-refractivity contribution in [1.82, 2.24) is 0 Å². The van der Waals surface area contributed by atoms with Crippen LogP contribution in [0.5, 0.6) is 5.75 Å². The van der Waals surface area contributed by atoms with Gasteiger partial charge < -0.3 is 4.74 Å². The van der Waals surface area contributed by atoms with Gasteiger partial charge in [0, 0.05) is 5.39 Å². The highest BCUT2D eigenvalue weighted by molar-refractivity contribution is 5.92. The highest BCUT2D eigenvalue weighted by atomic mass is 16.5. The zero-order valence-electron chi connectivity index (χ0n) is 34.6. The van der Waals surface area contributed by atoms with Gasteiger partial charge in [-0.2, -0.15) is 0 Å². The lowest BCUT2D eigenvalue weighted by Crippen LogP contribution is -1.99. The second-order valence-corrected chi connectivity index (χ2v) is 15.4. The molecular formula is C55H62O. The largest absolute Gasteiger partial charge is 0.493 e. The number of rotatable bonds is 18. The van der Waals surface area contributed by atoms with E-state index in [0.29, 0.717) is 0 Å². The fourth-order valence-corrected chi connectivity index (χ4v) is 7.68. The quantitative estimate of drug-likeness (QED) is 0.0630. The summed E-state index contributed by atoms with van der Waals surface area (Å²) in [5.74, 6) is 1.02. The molecule has 1 nitrogen and oxygen atoms in total. The Kier molecular flexibility index (Phi) is 15.7. The molecule has 6 aromatic carbocycles. The second kappa shape index (κ2) is 21.1. The van der Waals surface area contributed by atoms with Crippen LogP contribution in [0, 0.1) is 27.7 Å². The van der Waals surface area contributed by atoms with Gasteiger partial charge in [0.15, 0.2) is 0 Å². The summed E-state index contributed by atoms with van der Waals surface area (Å²) in [5, 5.41) is 5.42. The summed E-state index contributed by atoms with van der Waals surface area (Å²) < 4.78 is 6.09. The van der Waals surface area contributed by atoms with Crippen LogP contribution in [0.25, 0.3) is 33.7 Å². The van der Waals surface area contributed by atoms with Crippen molar-refractivity contribution in [2.24, 2.45) is 0 Å². The Hall–Kier alpha value is -5.40. The van der Waals surface area contributed by atoms with Crippen LogP contribution in [0.2, 0.25) is 0 Å². The van der Waals surface area contributed by atoms with Crippen LogP contribution < -0.4 is 4.74 Å². The first-order chi connectivity index (χ1) is 27.2. The number of ether oxygens (including phenoxy) is 1. The molecule has 0 saturated heterocycles. The van der Waals surface area contributed by atoms with E-state index in [9.17, 15) is 0 Å². The molecule has 0 aliphatic carbocycles. The molecule has 0 aliphatic heterocycles. The highest BCUT2D eigenvalue weighted by Crippen LogP contribution is 2.33. The van der Waals surface area contributed by atoms with E-state index in [1.807, 2.05) is 24.3 Å². The molecule has 56 heavy (non-hydrogen) atoms. The number of fused-ring (bicyclic) bond motifs is 2. The molecule has 0 unspecified atom stereocenters. The van der Waals surface area contributed by atoms with Crippen LogP contribution in [0.15, 0.2) is 136 Å². The van der Waals surface area contributed by atoms with Crippen molar-refractivity contribution in [2.45, 2.75) is 91.9 Å². The van der Waals surface area contributed by atoms with Gasteiger partial charge in [0.2, 0.25) is 0 Å². The molecule has 1 heteroatoms. The Balaban J connectivity index is 0.000000224. The van der Waals surface area contributed by atoms with E-state index >= 15 is 0 Å². The Morgan fingerprint density at radius 1 is 0.429 bits per heavy atom. The average molecular weight is 739 g/mol. The molecule has 0 aromatic heterocycles. The molecule has 0 amide bonds. The van der Waals surface area contributed by atoms with Crippen molar-refractivity contribution >= 4 is 33.7 Å².